The normalized spacial score (nSPS) is 20.9. The van der Waals surface area contributed by atoms with E-state index in [9.17, 15) is 22.8 Å². The molecule has 1 heterocycles. The quantitative estimate of drug-likeness (QED) is 0.199. The number of nitrogens with zero attached hydrogens (tertiary/aromatic N) is 1. The minimum absolute atomic E-state index is 0.00917. The lowest BCUT2D eigenvalue weighted by molar-refractivity contribution is -0.173. The molecule has 0 bridgehead atoms. The van der Waals surface area contributed by atoms with Crippen molar-refractivity contribution >= 4 is 22.3 Å². The molecule has 5 aromatic rings. The first-order chi connectivity index (χ1) is 22.7. The fourth-order valence-electron chi connectivity index (χ4n) is 8.04. The molecule has 8 rings (SSSR count). The molecule has 6 heteroatoms. The maximum atomic E-state index is 14.1. The molecule has 3 aliphatic carbocycles. The van der Waals surface area contributed by atoms with Crippen molar-refractivity contribution < 1.29 is 22.8 Å². The van der Waals surface area contributed by atoms with Gasteiger partial charge in [0, 0.05) is 28.8 Å². The third-order valence-electron chi connectivity index (χ3n) is 10.4. The molecule has 2 unspecified atom stereocenters. The number of carbonyl (C=O) groups excluding carboxylic acids is 2. The zero-order valence-corrected chi connectivity index (χ0v) is 26.3. The van der Waals surface area contributed by atoms with Crippen molar-refractivity contribution in [3.05, 3.63) is 137 Å². The highest BCUT2D eigenvalue weighted by molar-refractivity contribution is 6.10. The van der Waals surface area contributed by atoms with Gasteiger partial charge in [0.25, 0.3) is 0 Å². The summed E-state index contributed by atoms with van der Waals surface area (Å²) in [6, 6.07) is 28.4. The molecule has 2 atom stereocenters. The van der Waals surface area contributed by atoms with Crippen molar-refractivity contribution in [2.45, 2.75) is 63.5 Å². The third-order valence-corrected chi connectivity index (χ3v) is 10.4. The van der Waals surface area contributed by atoms with E-state index in [1.807, 2.05) is 36.5 Å². The van der Waals surface area contributed by atoms with Crippen LogP contribution in [0, 0.1) is 18.8 Å². The maximum absolute atomic E-state index is 14.1. The minimum Gasteiger partial charge on any atom is -0.294 e. The largest absolute Gasteiger partial charge is 0.405 e. The third kappa shape index (κ3) is 5.48. The Morgan fingerprint density at radius 1 is 0.745 bits per heavy atom. The number of aryl methyl sites for hydroxylation is 1. The summed E-state index contributed by atoms with van der Waals surface area (Å²) in [5.41, 5.74) is 3.50. The first-order valence-electron chi connectivity index (χ1n) is 16.5. The highest BCUT2D eigenvalue weighted by Crippen LogP contribution is 2.51. The van der Waals surface area contributed by atoms with Crippen LogP contribution >= 0.6 is 0 Å². The molecular weight excluding hydrogens is 595 g/mol. The lowest BCUT2D eigenvalue weighted by atomic mass is 9.75. The second-order valence-corrected chi connectivity index (χ2v) is 13.3. The zero-order chi connectivity index (χ0) is 32.8. The fraction of sp³-hybridized carbons (Fsp3) is 0.293. The Morgan fingerprint density at radius 3 is 2.19 bits per heavy atom. The van der Waals surface area contributed by atoms with Crippen LogP contribution in [0.3, 0.4) is 0 Å². The number of hydrogen-bond acceptors (Lipinski definition) is 3. The Morgan fingerprint density at radius 2 is 1.47 bits per heavy atom. The van der Waals surface area contributed by atoms with E-state index in [2.05, 4.69) is 24.0 Å². The molecule has 1 fully saturated rings. The van der Waals surface area contributed by atoms with Crippen LogP contribution in [-0.2, 0) is 18.3 Å². The highest BCUT2D eigenvalue weighted by Gasteiger charge is 2.64. The molecule has 0 amide bonds. The molecule has 1 aromatic heterocycles. The summed E-state index contributed by atoms with van der Waals surface area (Å²) < 4.78 is 42.3. The van der Waals surface area contributed by atoms with E-state index in [1.54, 1.807) is 36.4 Å². The Labute approximate surface area is 272 Å². The monoisotopic (exact) mass is 631 g/mol. The number of benzene rings is 4. The zero-order valence-electron chi connectivity index (χ0n) is 26.3. The average molecular weight is 632 g/mol. The summed E-state index contributed by atoms with van der Waals surface area (Å²) in [4.78, 5) is 30.4. The van der Waals surface area contributed by atoms with Gasteiger partial charge in [-0.25, -0.2) is 0 Å². The molecular formula is C41H36F3NO2. The van der Waals surface area contributed by atoms with E-state index in [0.717, 1.165) is 28.6 Å². The average Bonchev–Trinajstić information content (AvgIpc) is 3.59. The lowest BCUT2D eigenvalue weighted by Gasteiger charge is -2.30. The smallest absolute Gasteiger partial charge is 0.294 e. The summed E-state index contributed by atoms with van der Waals surface area (Å²) >= 11 is 0. The summed E-state index contributed by atoms with van der Waals surface area (Å²) in [5.74, 6) is 0.295. The lowest BCUT2D eigenvalue weighted by Crippen LogP contribution is -2.47. The number of ketones is 2. The van der Waals surface area contributed by atoms with E-state index in [0.29, 0.717) is 22.7 Å². The summed E-state index contributed by atoms with van der Waals surface area (Å²) in [6.07, 6.45) is 4.10. The van der Waals surface area contributed by atoms with Crippen molar-refractivity contribution in [2.24, 2.45) is 11.8 Å². The Balaban J connectivity index is 0.000000150. The first-order valence-corrected chi connectivity index (χ1v) is 16.5. The van der Waals surface area contributed by atoms with E-state index in [1.165, 1.54) is 61.4 Å². The van der Waals surface area contributed by atoms with Gasteiger partial charge < -0.3 is 0 Å². The molecule has 3 aliphatic rings. The molecule has 3 nitrogen and oxygen atoms in total. The van der Waals surface area contributed by atoms with Gasteiger partial charge >= 0.3 is 6.18 Å². The van der Waals surface area contributed by atoms with Gasteiger partial charge in [0.05, 0.1) is 5.69 Å². The minimum atomic E-state index is -4.66. The van der Waals surface area contributed by atoms with Crippen LogP contribution in [0.1, 0.15) is 75.1 Å². The number of aromatic nitrogens is 1. The molecule has 0 aliphatic heterocycles. The highest BCUT2D eigenvalue weighted by atomic mass is 19.4. The van der Waals surface area contributed by atoms with Gasteiger partial charge in [0.1, 0.15) is 0 Å². The van der Waals surface area contributed by atoms with E-state index >= 15 is 0 Å². The predicted molar refractivity (Wildman–Crippen MR) is 179 cm³/mol. The van der Waals surface area contributed by atoms with Crippen molar-refractivity contribution in [3.8, 4) is 11.3 Å². The van der Waals surface area contributed by atoms with Gasteiger partial charge in [-0.15, -0.1) is 0 Å². The number of alkyl halides is 3. The standard InChI is InChI=1S/C21H23NO.C20H13F3O/c1-14-11-16-13-17(15-7-3-2-4-8-15)21(23)20(16)18(12-14)19-9-5-6-10-22-19;21-20(22,23)19(12-15-7-3-4-8-17(15)18(19)24)16-10-9-13-5-1-2-6-14(13)11-16/h5-6,9-12,15,17H,2-4,7-8,13H2,1H3;1-11H,12H2. The van der Waals surface area contributed by atoms with Crippen LogP contribution in [0.15, 0.2) is 103 Å². The van der Waals surface area contributed by atoms with E-state index < -0.39 is 17.4 Å². The van der Waals surface area contributed by atoms with Crippen LogP contribution in [0.4, 0.5) is 13.2 Å². The van der Waals surface area contributed by atoms with Gasteiger partial charge in [-0.05, 0) is 90.3 Å². The number of rotatable bonds is 3. The van der Waals surface area contributed by atoms with E-state index in [4.69, 9.17) is 0 Å². The molecule has 0 radical (unpaired) electrons. The molecule has 0 N–H and O–H groups in total. The van der Waals surface area contributed by atoms with Crippen molar-refractivity contribution in [3.63, 3.8) is 0 Å². The predicted octanol–water partition coefficient (Wildman–Crippen LogP) is 10.1. The van der Waals surface area contributed by atoms with Gasteiger partial charge in [-0.1, -0.05) is 97.6 Å². The van der Waals surface area contributed by atoms with E-state index in [-0.39, 0.29) is 23.5 Å². The van der Waals surface area contributed by atoms with Crippen LogP contribution in [0.25, 0.3) is 22.0 Å². The molecule has 238 valence electrons. The molecule has 0 saturated heterocycles. The van der Waals surface area contributed by atoms with Crippen LogP contribution in [-0.4, -0.2) is 22.7 Å². The molecule has 1 saturated carbocycles. The number of halogens is 3. The van der Waals surface area contributed by atoms with Crippen molar-refractivity contribution in [1.29, 1.82) is 0 Å². The van der Waals surface area contributed by atoms with Gasteiger partial charge in [0.2, 0.25) is 0 Å². The second kappa shape index (κ2) is 12.2. The first kappa shape index (κ1) is 31.0. The fourth-order valence-corrected chi connectivity index (χ4v) is 8.04. The maximum Gasteiger partial charge on any atom is 0.405 e. The van der Waals surface area contributed by atoms with Crippen molar-refractivity contribution in [1.82, 2.24) is 4.98 Å². The Kier molecular flexibility index (Phi) is 8.07. The van der Waals surface area contributed by atoms with Crippen LogP contribution in [0.5, 0.6) is 0 Å². The summed E-state index contributed by atoms with van der Waals surface area (Å²) in [5, 5.41) is 1.55. The topological polar surface area (TPSA) is 47.0 Å². The number of carbonyl (C=O) groups is 2. The van der Waals surface area contributed by atoms with Gasteiger partial charge in [-0.3, -0.25) is 14.6 Å². The number of pyridine rings is 1. The Bertz CT molecular complexity index is 1980. The number of hydrogen-bond donors (Lipinski definition) is 0. The van der Waals surface area contributed by atoms with Gasteiger partial charge in [0.15, 0.2) is 17.0 Å². The van der Waals surface area contributed by atoms with Crippen LogP contribution in [0.2, 0.25) is 0 Å². The second-order valence-electron chi connectivity index (χ2n) is 13.3. The summed E-state index contributed by atoms with van der Waals surface area (Å²) in [7, 11) is 0. The molecule has 4 aromatic carbocycles. The number of fused-ring (bicyclic) bond motifs is 3. The van der Waals surface area contributed by atoms with Crippen molar-refractivity contribution in [2.75, 3.05) is 0 Å². The SMILES string of the molecule is Cc1cc2c(c(-c3ccccn3)c1)C(=O)C(C1CCCCC1)C2.O=C1c2ccccc2CC1(c1ccc2ccccc2c1)C(F)(F)F. The van der Waals surface area contributed by atoms with Gasteiger partial charge in [-0.2, -0.15) is 13.2 Å². The number of Topliss-reactive ketones (excluding diaryl/α,β-unsaturated/α-hetero) is 2. The Hall–Kier alpha value is -4.58. The summed E-state index contributed by atoms with van der Waals surface area (Å²) in [6.45, 7) is 2.12. The molecule has 0 spiro atoms. The molecule has 47 heavy (non-hydrogen) atoms. The van der Waals surface area contributed by atoms with Crippen LogP contribution < -0.4 is 0 Å².